The molecule has 0 atom stereocenters. The molecule has 0 radical (unpaired) electrons. The highest BCUT2D eigenvalue weighted by Gasteiger charge is 2.12. The van der Waals surface area contributed by atoms with E-state index >= 15 is 0 Å². The SMILES string of the molecule is O=c1ccc(-c2ccco2)nn1CCNS(=O)(=O)Cc1cccc(F)c1. The van der Waals surface area contributed by atoms with Crippen LogP contribution in [0.25, 0.3) is 11.5 Å². The van der Waals surface area contributed by atoms with Crippen molar-refractivity contribution in [2.45, 2.75) is 12.3 Å². The van der Waals surface area contributed by atoms with Crippen molar-refractivity contribution in [2.24, 2.45) is 0 Å². The standard InChI is InChI=1S/C17H16FN3O4S/c18-14-4-1-3-13(11-14)12-26(23,24)19-8-9-21-17(22)7-6-15(20-21)16-5-2-10-25-16/h1-7,10-11,19H,8-9,12H2. The molecular weight excluding hydrogens is 361 g/mol. The summed E-state index contributed by atoms with van der Waals surface area (Å²) >= 11 is 0. The van der Waals surface area contributed by atoms with Crippen LogP contribution in [0.15, 0.2) is 64.0 Å². The van der Waals surface area contributed by atoms with Crippen LogP contribution in [0.2, 0.25) is 0 Å². The van der Waals surface area contributed by atoms with Crippen LogP contribution < -0.4 is 10.3 Å². The molecule has 7 nitrogen and oxygen atoms in total. The molecule has 1 aromatic carbocycles. The summed E-state index contributed by atoms with van der Waals surface area (Å²) in [6.07, 6.45) is 1.49. The van der Waals surface area contributed by atoms with Crippen LogP contribution in [0, 0.1) is 5.82 Å². The lowest BCUT2D eigenvalue weighted by Gasteiger charge is -2.09. The van der Waals surface area contributed by atoms with Crippen molar-refractivity contribution >= 4 is 10.0 Å². The second-order valence-corrected chi connectivity index (χ2v) is 7.35. The second kappa shape index (κ2) is 7.63. The van der Waals surface area contributed by atoms with E-state index in [9.17, 15) is 17.6 Å². The summed E-state index contributed by atoms with van der Waals surface area (Å²) in [5.74, 6) is -0.340. The number of halogens is 1. The Morgan fingerprint density at radius 1 is 1.15 bits per heavy atom. The van der Waals surface area contributed by atoms with E-state index < -0.39 is 15.8 Å². The molecule has 9 heteroatoms. The van der Waals surface area contributed by atoms with Crippen molar-refractivity contribution in [1.29, 1.82) is 0 Å². The lowest BCUT2D eigenvalue weighted by atomic mass is 10.2. The van der Waals surface area contributed by atoms with Gasteiger partial charge in [0.15, 0.2) is 5.76 Å². The Morgan fingerprint density at radius 3 is 2.73 bits per heavy atom. The summed E-state index contributed by atoms with van der Waals surface area (Å²) in [6.45, 7) is 0.0297. The first kappa shape index (κ1) is 18.0. The van der Waals surface area contributed by atoms with Crippen LogP contribution in [-0.4, -0.2) is 24.7 Å². The molecule has 2 heterocycles. The number of sulfonamides is 1. The molecule has 3 aromatic rings. The molecule has 0 saturated carbocycles. The van der Waals surface area contributed by atoms with Gasteiger partial charge in [-0.25, -0.2) is 22.2 Å². The zero-order valence-corrected chi connectivity index (χ0v) is 14.4. The number of furan rings is 1. The Hall–Kier alpha value is -2.78. The summed E-state index contributed by atoms with van der Waals surface area (Å²) in [7, 11) is -3.67. The predicted octanol–water partition coefficient (Wildman–Crippen LogP) is 1.76. The van der Waals surface area contributed by atoms with Crippen molar-refractivity contribution in [3.63, 3.8) is 0 Å². The quantitative estimate of drug-likeness (QED) is 0.677. The molecule has 0 spiro atoms. The highest BCUT2D eigenvalue weighted by atomic mass is 32.2. The van der Waals surface area contributed by atoms with Crippen molar-refractivity contribution in [1.82, 2.24) is 14.5 Å². The average molecular weight is 377 g/mol. The van der Waals surface area contributed by atoms with Gasteiger partial charge in [0.1, 0.15) is 11.5 Å². The van der Waals surface area contributed by atoms with Gasteiger partial charge in [-0.05, 0) is 35.9 Å². The molecule has 136 valence electrons. The molecule has 0 aliphatic rings. The maximum absolute atomic E-state index is 13.1. The van der Waals surface area contributed by atoms with Gasteiger partial charge < -0.3 is 4.42 Å². The molecule has 0 amide bonds. The number of aromatic nitrogens is 2. The maximum atomic E-state index is 13.1. The number of hydrogen-bond acceptors (Lipinski definition) is 5. The number of benzene rings is 1. The van der Waals surface area contributed by atoms with E-state index in [-0.39, 0.29) is 24.4 Å². The van der Waals surface area contributed by atoms with Crippen molar-refractivity contribution in [3.8, 4) is 11.5 Å². The number of nitrogens with zero attached hydrogens (tertiary/aromatic N) is 2. The molecule has 0 aliphatic carbocycles. The molecule has 2 aromatic heterocycles. The van der Waals surface area contributed by atoms with E-state index in [2.05, 4.69) is 9.82 Å². The molecule has 0 aliphatic heterocycles. The lowest BCUT2D eigenvalue weighted by molar-refractivity contribution is 0.539. The first-order chi connectivity index (χ1) is 12.4. The lowest BCUT2D eigenvalue weighted by Crippen LogP contribution is -2.32. The van der Waals surface area contributed by atoms with Crippen LogP contribution in [-0.2, 0) is 22.3 Å². The van der Waals surface area contributed by atoms with Crippen LogP contribution in [0.1, 0.15) is 5.56 Å². The minimum absolute atomic E-state index is 0.0217. The van der Waals surface area contributed by atoms with Gasteiger partial charge in [-0.15, -0.1) is 0 Å². The summed E-state index contributed by atoms with van der Waals surface area (Å²) in [6, 6.07) is 11.7. The van der Waals surface area contributed by atoms with Gasteiger partial charge >= 0.3 is 0 Å². The molecule has 0 unspecified atom stereocenters. The summed E-state index contributed by atoms with van der Waals surface area (Å²) in [5, 5.41) is 4.16. The number of hydrogen-bond donors (Lipinski definition) is 1. The van der Waals surface area contributed by atoms with Gasteiger partial charge in [0.05, 0.1) is 18.6 Å². The van der Waals surface area contributed by atoms with Crippen LogP contribution in [0.5, 0.6) is 0 Å². The Morgan fingerprint density at radius 2 is 2.00 bits per heavy atom. The van der Waals surface area contributed by atoms with E-state index in [1.165, 1.54) is 36.6 Å². The molecule has 3 rings (SSSR count). The summed E-state index contributed by atoms with van der Waals surface area (Å²) < 4.78 is 46.1. The predicted molar refractivity (Wildman–Crippen MR) is 93.2 cm³/mol. The van der Waals surface area contributed by atoms with Crippen molar-refractivity contribution in [2.75, 3.05) is 6.54 Å². The Bertz CT molecular complexity index is 1050. The van der Waals surface area contributed by atoms with Gasteiger partial charge in [-0.3, -0.25) is 4.79 Å². The maximum Gasteiger partial charge on any atom is 0.266 e. The zero-order valence-electron chi connectivity index (χ0n) is 13.6. The first-order valence-corrected chi connectivity index (χ1v) is 9.42. The third-order valence-corrected chi connectivity index (χ3v) is 4.89. The zero-order chi connectivity index (χ0) is 18.6. The molecular formula is C17H16FN3O4S. The molecule has 1 N–H and O–H groups in total. The van der Waals surface area contributed by atoms with E-state index in [4.69, 9.17) is 4.42 Å². The fraction of sp³-hybridized carbons (Fsp3) is 0.176. The van der Waals surface area contributed by atoms with E-state index in [0.29, 0.717) is 17.0 Å². The number of rotatable bonds is 7. The summed E-state index contributed by atoms with van der Waals surface area (Å²) in [4.78, 5) is 11.9. The van der Waals surface area contributed by atoms with Crippen LogP contribution in [0.3, 0.4) is 0 Å². The minimum Gasteiger partial charge on any atom is -0.463 e. The van der Waals surface area contributed by atoms with E-state index in [1.54, 1.807) is 12.1 Å². The van der Waals surface area contributed by atoms with Gasteiger partial charge in [0.25, 0.3) is 5.56 Å². The van der Waals surface area contributed by atoms with E-state index in [1.807, 2.05) is 0 Å². The fourth-order valence-electron chi connectivity index (χ4n) is 2.37. The van der Waals surface area contributed by atoms with Crippen molar-refractivity contribution in [3.05, 3.63) is 76.5 Å². The Kier molecular flexibility index (Phi) is 5.29. The fourth-order valence-corrected chi connectivity index (χ4v) is 3.49. The van der Waals surface area contributed by atoms with Crippen LogP contribution >= 0.6 is 0 Å². The highest BCUT2D eigenvalue weighted by molar-refractivity contribution is 7.88. The Labute approximate surface area is 149 Å². The largest absolute Gasteiger partial charge is 0.463 e. The van der Waals surface area contributed by atoms with Crippen molar-refractivity contribution < 1.29 is 17.2 Å². The van der Waals surface area contributed by atoms with Gasteiger partial charge in [0, 0.05) is 12.6 Å². The second-order valence-electron chi connectivity index (χ2n) is 5.54. The third-order valence-electron chi connectivity index (χ3n) is 3.53. The van der Waals surface area contributed by atoms with Gasteiger partial charge in [0.2, 0.25) is 10.0 Å². The normalized spacial score (nSPS) is 11.6. The first-order valence-electron chi connectivity index (χ1n) is 7.77. The summed E-state index contributed by atoms with van der Waals surface area (Å²) in [5.41, 5.74) is 0.453. The molecule has 0 fully saturated rings. The average Bonchev–Trinajstić information content (AvgIpc) is 3.10. The minimum atomic E-state index is -3.67. The van der Waals surface area contributed by atoms with Gasteiger partial charge in [-0.1, -0.05) is 12.1 Å². The molecule has 0 saturated heterocycles. The van der Waals surface area contributed by atoms with Crippen LogP contribution in [0.4, 0.5) is 4.39 Å². The third kappa shape index (κ3) is 4.64. The molecule has 26 heavy (non-hydrogen) atoms. The topological polar surface area (TPSA) is 94.2 Å². The highest BCUT2D eigenvalue weighted by Crippen LogP contribution is 2.15. The monoisotopic (exact) mass is 377 g/mol. The Balaban J connectivity index is 1.64. The molecule has 0 bridgehead atoms. The van der Waals surface area contributed by atoms with Gasteiger partial charge in [-0.2, -0.15) is 5.10 Å². The smallest absolute Gasteiger partial charge is 0.266 e. The number of nitrogens with one attached hydrogen (secondary N) is 1. The van der Waals surface area contributed by atoms with E-state index in [0.717, 1.165) is 10.7 Å².